The lowest BCUT2D eigenvalue weighted by Crippen LogP contribution is -2.26. The molecule has 3 nitrogen and oxygen atoms in total. The maximum Gasteiger partial charge on any atom is 0.260 e. The van der Waals surface area contributed by atoms with Crippen molar-refractivity contribution in [3.63, 3.8) is 0 Å². The molecule has 0 aromatic carbocycles. The first-order chi connectivity index (χ1) is 5.59. The average molecular weight is 165 g/mol. The second-order valence-corrected chi connectivity index (χ2v) is 2.71. The van der Waals surface area contributed by atoms with E-state index in [2.05, 4.69) is 0 Å². The van der Waals surface area contributed by atoms with E-state index in [0.717, 1.165) is 4.90 Å². The number of allylic oxidation sites excluding steroid dienone is 1. The normalized spacial score (nSPS) is 18.8. The van der Waals surface area contributed by atoms with E-state index >= 15 is 0 Å². The zero-order chi connectivity index (χ0) is 9.30. The fourth-order valence-electron chi connectivity index (χ4n) is 1.16. The lowest BCUT2D eigenvalue weighted by Gasteiger charge is -2.04. The Balaban J connectivity index is 3.13. The maximum atomic E-state index is 11.3. The first kappa shape index (κ1) is 8.71. The summed E-state index contributed by atoms with van der Waals surface area (Å²) in [6.07, 6.45) is 3.42. The SMILES string of the molecule is C/C=C\C1=C(C)C(=O)N(C)C1=O. The number of hydrogen-bond acceptors (Lipinski definition) is 2. The highest BCUT2D eigenvalue weighted by Crippen LogP contribution is 2.19. The number of carbonyl (C=O) groups is 2. The van der Waals surface area contributed by atoms with Crippen molar-refractivity contribution in [2.24, 2.45) is 0 Å². The molecule has 3 heteroatoms. The standard InChI is InChI=1S/C9H11NO2/c1-4-5-7-6(2)8(11)10(3)9(7)12/h4-5H,1-3H3/b5-4-. The average Bonchev–Trinajstić information content (AvgIpc) is 2.23. The molecule has 1 aliphatic rings. The summed E-state index contributed by atoms with van der Waals surface area (Å²) in [7, 11) is 1.49. The van der Waals surface area contributed by atoms with Crippen LogP contribution in [0.5, 0.6) is 0 Å². The van der Waals surface area contributed by atoms with Crippen LogP contribution < -0.4 is 0 Å². The van der Waals surface area contributed by atoms with Gasteiger partial charge in [-0.3, -0.25) is 14.5 Å². The molecule has 1 heterocycles. The van der Waals surface area contributed by atoms with Gasteiger partial charge in [0.05, 0.1) is 0 Å². The monoisotopic (exact) mass is 165 g/mol. The zero-order valence-electron chi connectivity index (χ0n) is 7.42. The molecule has 64 valence electrons. The first-order valence-electron chi connectivity index (χ1n) is 3.75. The van der Waals surface area contributed by atoms with Gasteiger partial charge in [-0.2, -0.15) is 0 Å². The van der Waals surface area contributed by atoms with Crippen LogP contribution in [0.1, 0.15) is 13.8 Å². The Kier molecular flexibility index (Phi) is 2.13. The number of likely N-dealkylation sites (N-methyl/N-ethyl adjacent to an activating group) is 1. The molecule has 2 amide bonds. The number of amides is 2. The molecule has 0 N–H and O–H groups in total. The van der Waals surface area contributed by atoms with E-state index in [0.29, 0.717) is 11.1 Å². The molecule has 0 aromatic heterocycles. The van der Waals surface area contributed by atoms with E-state index in [-0.39, 0.29) is 11.8 Å². The summed E-state index contributed by atoms with van der Waals surface area (Å²) in [5.41, 5.74) is 1.03. The van der Waals surface area contributed by atoms with E-state index in [9.17, 15) is 9.59 Å². The molecule has 1 rings (SSSR count). The summed E-state index contributed by atoms with van der Waals surface area (Å²) in [5.74, 6) is -0.413. The van der Waals surface area contributed by atoms with Gasteiger partial charge in [0.2, 0.25) is 0 Å². The molecular weight excluding hydrogens is 154 g/mol. The van der Waals surface area contributed by atoms with Crippen molar-refractivity contribution in [2.75, 3.05) is 7.05 Å². The van der Waals surface area contributed by atoms with Crippen molar-refractivity contribution >= 4 is 11.8 Å². The third-order valence-corrected chi connectivity index (χ3v) is 1.90. The van der Waals surface area contributed by atoms with Gasteiger partial charge in [-0.1, -0.05) is 12.2 Å². The van der Waals surface area contributed by atoms with Crippen molar-refractivity contribution in [2.45, 2.75) is 13.8 Å². The van der Waals surface area contributed by atoms with Crippen molar-refractivity contribution in [3.05, 3.63) is 23.3 Å². The van der Waals surface area contributed by atoms with Gasteiger partial charge in [-0.05, 0) is 13.8 Å². The molecule has 0 saturated carbocycles. The smallest absolute Gasteiger partial charge is 0.260 e. The van der Waals surface area contributed by atoms with E-state index in [1.54, 1.807) is 19.1 Å². The Labute approximate surface area is 71.4 Å². The van der Waals surface area contributed by atoms with E-state index in [1.807, 2.05) is 6.92 Å². The van der Waals surface area contributed by atoms with Crippen LogP contribution in [0.2, 0.25) is 0 Å². The highest BCUT2D eigenvalue weighted by atomic mass is 16.2. The molecular formula is C9H11NO2. The topological polar surface area (TPSA) is 37.4 Å². The summed E-state index contributed by atoms with van der Waals surface area (Å²) < 4.78 is 0. The minimum Gasteiger partial charge on any atom is -0.278 e. The zero-order valence-corrected chi connectivity index (χ0v) is 7.42. The van der Waals surface area contributed by atoms with Gasteiger partial charge in [-0.15, -0.1) is 0 Å². The van der Waals surface area contributed by atoms with Crippen molar-refractivity contribution in [1.82, 2.24) is 4.90 Å². The quantitative estimate of drug-likeness (QED) is 0.541. The molecule has 0 spiro atoms. The summed E-state index contributed by atoms with van der Waals surface area (Å²) in [5, 5.41) is 0. The minimum atomic E-state index is -0.212. The number of imide groups is 1. The van der Waals surface area contributed by atoms with Crippen LogP contribution >= 0.6 is 0 Å². The molecule has 0 aromatic rings. The van der Waals surface area contributed by atoms with E-state index in [1.165, 1.54) is 7.05 Å². The molecule has 1 aliphatic heterocycles. The van der Waals surface area contributed by atoms with Crippen LogP contribution in [0.4, 0.5) is 0 Å². The van der Waals surface area contributed by atoms with Crippen molar-refractivity contribution in [3.8, 4) is 0 Å². The van der Waals surface area contributed by atoms with Crippen LogP contribution in [-0.4, -0.2) is 23.8 Å². The van der Waals surface area contributed by atoms with Gasteiger partial charge in [0, 0.05) is 18.2 Å². The van der Waals surface area contributed by atoms with Crippen LogP contribution in [-0.2, 0) is 9.59 Å². The summed E-state index contributed by atoms with van der Waals surface area (Å²) in [6, 6.07) is 0. The molecule has 12 heavy (non-hydrogen) atoms. The Bertz CT molecular complexity index is 300. The number of nitrogens with zero attached hydrogens (tertiary/aromatic N) is 1. The molecule has 0 radical (unpaired) electrons. The van der Waals surface area contributed by atoms with Gasteiger partial charge < -0.3 is 0 Å². The van der Waals surface area contributed by atoms with E-state index < -0.39 is 0 Å². The number of rotatable bonds is 1. The second kappa shape index (κ2) is 2.93. The predicted molar refractivity (Wildman–Crippen MR) is 45.3 cm³/mol. The Morgan fingerprint density at radius 2 is 1.83 bits per heavy atom. The fourth-order valence-corrected chi connectivity index (χ4v) is 1.16. The lowest BCUT2D eigenvalue weighted by atomic mass is 10.1. The number of carbonyl (C=O) groups excluding carboxylic acids is 2. The molecule has 0 aliphatic carbocycles. The van der Waals surface area contributed by atoms with Crippen molar-refractivity contribution in [1.29, 1.82) is 0 Å². The molecule has 0 fully saturated rings. The van der Waals surface area contributed by atoms with Gasteiger partial charge in [0.25, 0.3) is 11.8 Å². The second-order valence-electron chi connectivity index (χ2n) is 2.71. The molecule has 0 unspecified atom stereocenters. The minimum absolute atomic E-state index is 0.201. The van der Waals surface area contributed by atoms with Gasteiger partial charge >= 0.3 is 0 Å². The van der Waals surface area contributed by atoms with Crippen molar-refractivity contribution < 1.29 is 9.59 Å². The Hall–Kier alpha value is -1.38. The van der Waals surface area contributed by atoms with Gasteiger partial charge in [-0.25, -0.2) is 0 Å². The molecule has 0 atom stereocenters. The third-order valence-electron chi connectivity index (χ3n) is 1.90. The number of hydrogen-bond donors (Lipinski definition) is 0. The highest BCUT2D eigenvalue weighted by Gasteiger charge is 2.30. The van der Waals surface area contributed by atoms with Crippen LogP contribution in [0.25, 0.3) is 0 Å². The summed E-state index contributed by atoms with van der Waals surface area (Å²) in [4.78, 5) is 23.7. The summed E-state index contributed by atoms with van der Waals surface area (Å²) in [6.45, 7) is 3.48. The molecule has 0 saturated heterocycles. The van der Waals surface area contributed by atoms with Gasteiger partial charge in [0.15, 0.2) is 0 Å². The van der Waals surface area contributed by atoms with Crippen LogP contribution in [0, 0.1) is 0 Å². The summed E-state index contributed by atoms with van der Waals surface area (Å²) >= 11 is 0. The largest absolute Gasteiger partial charge is 0.278 e. The van der Waals surface area contributed by atoms with Crippen LogP contribution in [0.15, 0.2) is 23.3 Å². The third kappa shape index (κ3) is 1.07. The highest BCUT2D eigenvalue weighted by molar-refractivity contribution is 6.20. The molecule has 0 bridgehead atoms. The van der Waals surface area contributed by atoms with Gasteiger partial charge in [0.1, 0.15) is 0 Å². The Morgan fingerprint density at radius 1 is 1.25 bits per heavy atom. The Morgan fingerprint density at radius 3 is 2.17 bits per heavy atom. The van der Waals surface area contributed by atoms with E-state index in [4.69, 9.17) is 0 Å². The fraction of sp³-hybridized carbons (Fsp3) is 0.333. The predicted octanol–water partition coefficient (Wildman–Crippen LogP) is 0.878. The van der Waals surface area contributed by atoms with Crippen LogP contribution in [0.3, 0.4) is 0 Å². The first-order valence-corrected chi connectivity index (χ1v) is 3.75. The lowest BCUT2D eigenvalue weighted by molar-refractivity contribution is -0.135. The maximum absolute atomic E-state index is 11.3.